The lowest BCUT2D eigenvalue weighted by Gasteiger charge is -2.24. The number of H-pyrrole nitrogens is 1. The predicted molar refractivity (Wildman–Crippen MR) is 130 cm³/mol. The fourth-order valence-electron chi connectivity index (χ4n) is 4.02. The average molecular weight is 511 g/mol. The summed E-state index contributed by atoms with van der Waals surface area (Å²) in [6, 6.07) is 9.32. The van der Waals surface area contributed by atoms with E-state index >= 15 is 0 Å². The Labute approximate surface area is 210 Å². The van der Waals surface area contributed by atoms with Gasteiger partial charge in [0, 0.05) is 20.8 Å². The summed E-state index contributed by atoms with van der Waals surface area (Å²) in [5.74, 6) is -1.89. The third-order valence-electron chi connectivity index (χ3n) is 5.42. The van der Waals surface area contributed by atoms with Gasteiger partial charge in [-0.15, -0.1) is 0 Å². The Balaban J connectivity index is 1.88. The van der Waals surface area contributed by atoms with Crippen molar-refractivity contribution in [3.05, 3.63) is 52.1 Å². The molecule has 1 saturated heterocycles. The van der Waals surface area contributed by atoms with Gasteiger partial charge in [0.1, 0.15) is 18.5 Å². The lowest BCUT2D eigenvalue weighted by atomic mass is 10.1. The molecule has 1 fully saturated rings. The first-order valence-corrected chi connectivity index (χ1v) is 11.3. The monoisotopic (exact) mass is 511 g/mol. The molecule has 0 radical (unpaired) electrons. The molecule has 1 aliphatic rings. The molecule has 0 bridgehead atoms. The Hall–Kier alpha value is -4.52. The first-order valence-electron chi connectivity index (χ1n) is 11.3. The fraction of sp³-hybridized carbons (Fsp3) is 0.333. The second-order valence-electron chi connectivity index (χ2n) is 8.22. The number of carbonyl (C=O) groups is 3. The van der Waals surface area contributed by atoms with E-state index in [1.54, 1.807) is 12.2 Å². The van der Waals surface area contributed by atoms with Crippen LogP contribution in [0.25, 0.3) is 23.3 Å². The summed E-state index contributed by atoms with van der Waals surface area (Å²) < 4.78 is 23.6. The molecule has 4 atom stereocenters. The van der Waals surface area contributed by atoms with Gasteiger partial charge < -0.3 is 24.7 Å². The third-order valence-corrected chi connectivity index (χ3v) is 5.42. The van der Waals surface area contributed by atoms with Gasteiger partial charge in [-0.3, -0.25) is 28.7 Å². The van der Waals surface area contributed by atoms with E-state index in [0.29, 0.717) is 0 Å². The number of fused-ring (bicyclic) bond motifs is 1. The molecule has 0 spiro atoms. The third kappa shape index (κ3) is 5.67. The van der Waals surface area contributed by atoms with Gasteiger partial charge in [0.25, 0.3) is 5.56 Å². The van der Waals surface area contributed by atoms with Gasteiger partial charge in [-0.2, -0.15) is 4.98 Å². The van der Waals surface area contributed by atoms with Crippen LogP contribution in [0, 0.1) is 0 Å². The number of nitrogens with one attached hydrogen (secondary N) is 1. The lowest BCUT2D eigenvalue weighted by Crippen LogP contribution is -2.40. The van der Waals surface area contributed by atoms with Crippen molar-refractivity contribution in [1.82, 2.24) is 19.5 Å². The molecule has 2 aromatic heterocycles. The lowest BCUT2D eigenvalue weighted by molar-refractivity contribution is -0.166. The molecular weight excluding hydrogens is 486 g/mol. The number of imidazole rings is 1. The number of rotatable bonds is 7. The number of nitrogen functional groups attached to an aromatic ring is 1. The number of hydrogen-bond donors (Lipinski definition) is 2. The van der Waals surface area contributed by atoms with E-state index < -0.39 is 48.0 Å². The number of ether oxygens (including phenoxy) is 4. The smallest absolute Gasteiger partial charge is 0.303 e. The maximum atomic E-state index is 12.6. The van der Waals surface area contributed by atoms with Crippen molar-refractivity contribution in [2.45, 2.75) is 45.3 Å². The van der Waals surface area contributed by atoms with Crippen LogP contribution in [0.5, 0.6) is 0 Å². The number of esters is 3. The summed E-state index contributed by atoms with van der Waals surface area (Å²) in [6.07, 6.45) is -1.15. The van der Waals surface area contributed by atoms with Gasteiger partial charge in [-0.25, -0.2) is 4.98 Å². The summed E-state index contributed by atoms with van der Waals surface area (Å²) >= 11 is 0. The molecule has 1 aromatic carbocycles. The average Bonchev–Trinajstić information content (AvgIpc) is 3.34. The molecule has 194 valence electrons. The van der Waals surface area contributed by atoms with E-state index in [4.69, 9.17) is 24.7 Å². The van der Waals surface area contributed by atoms with Gasteiger partial charge in [0.15, 0.2) is 29.6 Å². The first-order chi connectivity index (χ1) is 17.6. The number of nitrogens with zero attached hydrogens (tertiary/aromatic N) is 3. The van der Waals surface area contributed by atoms with Crippen LogP contribution in [0.4, 0.5) is 5.95 Å². The van der Waals surface area contributed by atoms with E-state index in [2.05, 4.69) is 15.0 Å². The first kappa shape index (κ1) is 25.6. The van der Waals surface area contributed by atoms with Crippen LogP contribution in [0.1, 0.15) is 38.4 Å². The van der Waals surface area contributed by atoms with Gasteiger partial charge >= 0.3 is 17.9 Å². The zero-order chi connectivity index (χ0) is 26.7. The van der Waals surface area contributed by atoms with Crippen molar-refractivity contribution in [3.63, 3.8) is 0 Å². The van der Waals surface area contributed by atoms with Crippen LogP contribution in [0.15, 0.2) is 35.1 Å². The summed E-state index contributed by atoms with van der Waals surface area (Å²) in [7, 11) is 0. The van der Waals surface area contributed by atoms with Crippen molar-refractivity contribution in [1.29, 1.82) is 0 Å². The highest BCUT2D eigenvalue weighted by molar-refractivity contribution is 5.77. The van der Waals surface area contributed by atoms with Gasteiger partial charge in [-0.1, -0.05) is 36.4 Å². The highest BCUT2D eigenvalue weighted by atomic mass is 16.7. The number of carbonyl (C=O) groups excluding carboxylic acids is 3. The molecule has 0 aliphatic carbocycles. The Morgan fingerprint density at radius 2 is 1.70 bits per heavy atom. The highest BCUT2D eigenvalue weighted by Gasteiger charge is 2.51. The van der Waals surface area contributed by atoms with Crippen LogP contribution >= 0.6 is 0 Å². The molecule has 13 heteroatoms. The number of aromatic nitrogens is 4. The molecule has 0 amide bonds. The Kier molecular flexibility index (Phi) is 7.34. The minimum atomic E-state index is -1.20. The second kappa shape index (κ2) is 10.6. The molecule has 4 rings (SSSR count). The SMILES string of the molecule is CC(=O)OC[C@H]1O[C@@H](n2c(/C=C/c3ccccc3)nc3c(=O)[nH]c(N)nc32)C(OC(C)=O)[C@H]1OC(C)=O. The number of benzene rings is 1. The van der Waals surface area contributed by atoms with Crippen molar-refractivity contribution >= 4 is 47.2 Å². The number of anilines is 1. The van der Waals surface area contributed by atoms with Crippen LogP contribution in [0.2, 0.25) is 0 Å². The van der Waals surface area contributed by atoms with E-state index in [-0.39, 0.29) is 29.5 Å². The molecule has 3 N–H and O–H groups in total. The van der Waals surface area contributed by atoms with E-state index in [9.17, 15) is 19.2 Å². The van der Waals surface area contributed by atoms with Gasteiger partial charge in [0.05, 0.1) is 0 Å². The van der Waals surface area contributed by atoms with Crippen LogP contribution < -0.4 is 11.3 Å². The van der Waals surface area contributed by atoms with Crippen molar-refractivity contribution in [3.8, 4) is 0 Å². The normalized spacial score (nSPS) is 21.3. The molecule has 1 aliphatic heterocycles. The van der Waals surface area contributed by atoms with Gasteiger partial charge in [0.2, 0.25) is 5.95 Å². The van der Waals surface area contributed by atoms with Crippen molar-refractivity contribution < 1.29 is 33.3 Å². The molecule has 3 aromatic rings. The van der Waals surface area contributed by atoms with Crippen LogP contribution in [-0.4, -0.2) is 62.3 Å². The Morgan fingerprint density at radius 1 is 1.03 bits per heavy atom. The Morgan fingerprint density at radius 3 is 2.35 bits per heavy atom. The molecular formula is C24H25N5O8. The van der Waals surface area contributed by atoms with E-state index in [0.717, 1.165) is 5.56 Å². The van der Waals surface area contributed by atoms with Crippen LogP contribution in [0.3, 0.4) is 0 Å². The zero-order valence-electron chi connectivity index (χ0n) is 20.2. The molecule has 37 heavy (non-hydrogen) atoms. The quantitative estimate of drug-likeness (QED) is 0.344. The Bertz CT molecular complexity index is 1410. The summed E-state index contributed by atoms with van der Waals surface area (Å²) in [5, 5.41) is 0. The van der Waals surface area contributed by atoms with Crippen molar-refractivity contribution in [2.24, 2.45) is 0 Å². The van der Waals surface area contributed by atoms with Crippen LogP contribution in [-0.2, 0) is 33.3 Å². The topological polar surface area (TPSA) is 178 Å². The zero-order valence-corrected chi connectivity index (χ0v) is 20.2. The second-order valence-corrected chi connectivity index (χ2v) is 8.22. The number of aromatic amines is 1. The summed E-state index contributed by atoms with van der Waals surface area (Å²) in [5.41, 5.74) is 6.06. The summed E-state index contributed by atoms with van der Waals surface area (Å²) in [4.78, 5) is 59.1. The summed E-state index contributed by atoms with van der Waals surface area (Å²) in [6.45, 7) is 3.29. The van der Waals surface area contributed by atoms with E-state index in [1.165, 1.54) is 25.3 Å². The minimum Gasteiger partial charge on any atom is -0.463 e. The highest BCUT2D eigenvalue weighted by Crippen LogP contribution is 2.37. The van der Waals surface area contributed by atoms with Gasteiger partial charge in [-0.05, 0) is 11.6 Å². The maximum Gasteiger partial charge on any atom is 0.303 e. The maximum absolute atomic E-state index is 12.6. The molecule has 3 heterocycles. The molecule has 1 unspecified atom stereocenters. The standard InChI is InChI=1S/C24H25N5O8/c1-12(30)34-11-16-19(35-13(2)31)20(36-14(3)32)23(37-16)29-17(10-9-15-7-5-4-6-8-15)26-18-21(29)27-24(25)28-22(18)33/h4-10,16,19-20,23H,11H2,1-3H3,(H3,25,27,28,33)/b10-9+/t16-,19+,20?,23-/m1/s1. The number of nitrogens with two attached hydrogens (primary N) is 1. The molecule has 0 saturated carbocycles. The molecule has 13 nitrogen and oxygen atoms in total. The minimum absolute atomic E-state index is 0.0421. The number of hydrogen-bond acceptors (Lipinski definition) is 11. The fourth-order valence-corrected chi connectivity index (χ4v) is 4.02. The predicted octanol–water partition coefficient (Wildman–Crippen LogP) is 1.20. The van der Waals surface area contributed by atoms with Crippen molar-refractivity contribution in [2.75, 3.05) is 12.3 Å². The largest absolute Gasteiger partial charge is 0.463 e. The van der Waals surface area contributed by atoms with E-state index in [1.807, 2.05) is 30.3 Å².